The van der Waals surface area contributed by atoms with Crippen LogP contribution in [0.25, 0.3) is 0 Å². The van der Waals surface area contributed by atoms with E-state index in [1.807, 2.05) is 30.3 Å². The number of carbonyl (C=O) groups is 3. The van der Waals surface area contributed by atoms with Gasteiger partial charge < -0.3 is 15.4 Å². The molecule has 4 amide bonds. The first-order valence-electron chi connectivity index (χ1n) is 7.71. The Morgan fingerprint density at radius 1 is 1.04 bits per heavy atom. The first kappa shape index (κ1) is 16.5. The van der Waals surface area contributed by atoms with Crippen molar-refractivity contribution in [1.82, 2.24) is 16.0 Å². The van der Waals surface area contributed by atoms with E-state index in [1.165, 1.54) is 0 Å². The molecule has 0 bridgehead atoms. The van der Waals surface area contributed by atoms with Crippen molar-refractivity contribution in [1.29, 1.82) is 0 Å². The van der Waals surface area contributed by atoms with Gasteiger partial charge in [0.2, 0.25) is 0 Å². The quantitative estimate of drug-likeness (QED) is 0.724. The van der Waals surface area contributed by atoms with E-state index >= 15 is 0 Å². The minimum Gasteiger partial charge on any atom is -0.457 e. The fraction of sp³-hybridized carbons (Fsp3) is 0.167. The minimum absolute atomic E-state index is 0.00826. The highest BCUT2D eigenvalue weighted by Gasteiger charge is 2.42. The Kier molecular flexibility index (Phi) is 4.38. The number of carbonyl (C=O) groups excluding carboxylic acids is 3. The molecule has 2 aromatic carbocycles. The number of para-hydroxylation sites is 1. The molecule has 0 radical (unpaired) electrons. The van der Waals surface area contributed by atoms with Gasteiger partial charge in [-0.2, -0.15) is 0 Å². The third-order valence-electron chi connectivity index (χ3n) is 3.82. The van der Waals surface area contributed by atoms with Crippen molar-refractivity contribution >= 4 is 17.8 Å². The molecule has 3 rings (SSSR count). The van der Waals surface area contributed by atoms with Gasteiger partial charge in [0, 0.05) is 12.1 Å². The summed E-state index contributed by atoms with van der Waals surface area (Å²) >= 11 is 0. The maximum Gasteiger partial charge on any atom is 0.322 e. The van der Waals surface area contributed by atoms with E-state index in [0.717, 1.165) is 0 Å². The lowest BCUT2D eigenvalue weighted by Crippen LogP contribution is -2.52. The smallest absolute Gasteiger partial charge is 0.322 e. The highest BCUT2D eigenvalue weighted by molar-refractivity contribution is 6.07. The number of hydrogen-bond acceptors (Lipinski definition) is 4. The Morgan fingerprint density at radius 3 is 2.28 bits per heavy atom. The zero-order valence-electron chi connectivity index (χ0n) is 13.5. The summed E-state index contributed by atoms with van der Waals surface area (Å²) in [6, 6.07) is 15.4. The largest absolute Gasteiger partial charge is 0.457 e. The topological polar surface area (TPSA) is 96.5 Å². The van der Waals surface area contributed by atoms with Gasteiger partial charge in [-0.25, -0.2) is 4.79 Å². The van der Waals surface area contributed by atoms with Crippen molar-refractivity contribution in [2.75, 3.05) is 6.54 Å². The van der Waals surface area contributed by atoms with Crippen molar-refractivity contribution in [2.45, 2.75) is 12.5 Å². The molecule has 128 valence electrons. The summed E-state index contributed by atoms with van der Waals surface area (Å²) in [6.07, 6.45) is 0. The normalized spacial score (nSPS) is 19.1. The Morgan fingerprint density at radius 2 is 1.68 bits per heavy atom. The predicted molar refractivity (Wildman–Crippen MR) is 90.4 cm³/mol. The van der Waals surface area contributed by atoms with Crippen molar-refractivity contribution < 1.29 is 19.1 Å². The van der Waals surface area contributed by atoms with E-state index in [1.54, 1.807) is 31.2 Å². The molecule has 2 aromatic rings. The van der Waals surface area contributed by atoms with E-state index in [-0.39, 0.29) is 12.5 Å². The van der Waals surface area contributed by atoms with Crippen molar-refractivity contribution in [3.63, 3.8) is 0 Å². The van der Waals surface area contributed by atoms with Gasteiger partial charge in [0.1, 0.15) is 17.0 Å². The Bertz CT molecular complexity index is 805. The van der Waals surface area contributed by atoms with Gasteiger partial charge in [-0.05, 0) is 43.3 Å². The fourth-order valence-corrected chi connectivity index (χ4v) is 2.36. The summed E-state index contributed by atoms with van der Waals surface area (Å²) in [6.45, 7) is 1.54. The number of benzene rings is 2. The second kappa shape index (κ2) is 6.64. The lowest BCUT2D eigenvalue weighted by atomic mass is 10.0. The second-order valence-corrected chi connectivity index (χ2v) is 5.86. The molecule has 0 aromatic heterocycles. The van der Waals surface area contributed by atoms with Crippen molar-refractivity contribution in [2.24, 2.45) is 0 Å². The first-order valence-corrected chi connectivity index (χ1v) is 7.71. The number of imide groups is 1. The molecule has 0 spiro atoms. The SMILES string of the molecule is CC1(CNC(=O)c2ccc(Oc3ccccc3)cc2)NC(=O)NC1=O. The van der Waals surface area contributed by atoms with Gasteiger partial charge in [0.25, 0.3) is 11.8 Å². The van der Waals surface area contributed by atoms with Gasteiger partial charge in [0.15, 0.2) is 0 Å². The van der Waals surface area contributed by atoms with Gasteiger partial charge in [0.05, 0.1) is 0 Å². The fourth-order valence-electron chi connectivity index (χ4n) is 2.36. The lowest BCUT2D eigenvalue weighted by Gasteiger charge is -2.20. The molecular weight excluding hydrogens is 322 g/mol. The van der Waals surface area contributed by atoms with E-state index in [2.05, 4.69) is 16.0 Å². The molecule has 0 aliphatic carbocycles. The number of rotatable bonds is 5. The average Bonchev–Trinajstić information content (AvgIpc) is 2.87. The molecule has 0 saturated carbocycles. The van der Waals surface area contributed by atoms with Gasteiger partial charge in [-0.15, -0.1) is 0 Å². The Balaban J connectivity index is 1.59. The molecule has 1 saturated heterocycles. The summed E-state index contributed by atoms with van der Waals surface area (Å²) in [5, 5.41) is 7.28. The van der Waals surface area contributed by atoms with Crippen LogP contribution in [0.2, 0.25) is 0 Å². The standard InChI is InChI=1S/C18H17N3O4/c1-18(16(23)20-17(24)21-18)11-19-15(22)12-7-9-14(10-8-12)25-13-5-3-2-4-6-13/h2-10H,11H2,1H3,(H,19,22)(H2,20,21,23,24). The van der Waals surface area contributed by atoms with Crippen LogP contribution in [0.4, 0.5) is 4.79 Å². The maximum absolute atomic E-state index is 12.2. The molecule has 1 heterocycles. The number of amides is 4. The first-order chi connectivity index (χ1) is 12.0. The summed E-state index contributed by atoms with van der Waals surface area (Å²) in [4.78, 5) is 35.1. The monoisotopic (exact) mass is 339 g/mol. The maximum atomic E-state index is 12.2. The zero-order valence-corrected chi connectivity index (χ0v) is 13.5. The summed E-state index contributed by atoms with van der Waals surface area (Å²) < 4.78 is 5.66. The van der Waals surface area contributed by atoms with Crippen LogP contribution >= 0.6 is 0 Å². The number of urea groups is 1. The van der Waals surface area contributed by atoms with Gasteiger partial charge in [-0.1, -0.05) is 18.2 Å². The van der Waals surface area contributed by atoms with Crippen LogP contribution in [0, 0.1) is 0 Å². The zero-order chi connectivity index (χ0) is 17.9. The van der Waals surface area contributed by atoms with Crippen LogP contribution in [0.5, 0.6) is 11.5 Å². The highest BCUT2D eigenvalue weighted by atomic mass is 16.5. The van der Waals surface area contributed by atoms with Crippen LogP contribution < -0.4 is 20.7 Å². The van der Waals surface area contributed by atoms with Gasteiger partial charge >= 0.3 is 6.03 Å². The third kappa shape index (κ3) is 3.77. The molecular formula is C18H17N3O4. The predicted octanol–water partition coefficient (Wildman–Crippen LogP) is 1.81. The van der Waals surface area contributed by atoms with Crippen LogP contribution in [-0.2, 0) is 4.79 Å². The van der Waals surface area contributed by atoms with Crippen LogP contribution in [0.15, 0.2) is 54.6 Å². The van der Waals surface area contributed by atoms with E-state index in [0.29, 0.717) is 17.1 Å². The third-order valence-corrected chi connectivity index (χ3v) is 3.82. The van der Waals surface area contributed by atoms with Crippen molar-refractivity contribution in [3.05, 3.63) is 60.2 Å². The molecule has 1 fully saturated rings. The summed E-state index contributed by atoms with van der Waals surface area (Å²) in [7, 11) is 0. The molecule has 3 N–H and O–H groups in total. The Hall–Kier alpha value is -3.35. The molecule has 7 heteroatoms. The minimum atomic E-state index is -1.15. The lowest BCUT2D eigenvalue weighted by molar-refractivity contribution is -0.123. The number of hydrogen-bond donors (Lipinski definition) is 3. The number of ether oxygens (including phenoxy) is 1. The summed E-state index contributed by atoms with van der Waals surface area (Å²) in [5.41, 5.74) is -0.725. The van der Waals surface area contributed by atoms with Crippen LogP contribution in [0.3, 0.4) is 0 Å². The van der Waals surface area contributed by atoms with Crippen LogP contribution in [-0.4, -0.2) is 29.9 Å². The summed E-state index contributed by atoms with van der Waals surface area (Å²) in [5.74, 6) is 0.499. The van der Waals surface area contributed by atoms with E-state index in [9.17, 15) is 14.4 Å². The molecule has 1 aliphatic heterocycles. The number of nitrogens with one attached hydrogen (secondary N) is 3. The second-order valence-electron chi connectivity index (χ2n) is 5.86. The van der Waals surface area contributed by atoms with Crippen LogP contribution in [0.1, 0.15) is 17.3 Å². The van der Waals surface area contributed by atoms with E-state index in [4.69, 9.17) is 4.74 Å². The Labute approximate surface area is 144 Å². The highest BCUT2D eigenvalue weighted by Crippen LogP contribution is 2.21. The molecule has 1 unspecified atom stereocenters. The van der Waals surface area contributed by atoms with Gasteiger partial charge in [-0.3, -0.25) is 14.9 Å². The molecule has 7 nitrogen and oxygen atoms in total. The molecule has 1 atom stereocenters. The van der Waals surface area contributed by atoms with E-state index < -0.39 is 17.5 Å². The average molecular weight is 339 g/mol. The molecule has 1 aliphatic rings. The molecule has 25 heavy (non-hydrogen) atoms. The van der Waals surface area contributed by atoms with Crippen molar-refractivity contribution in [3.8, 4) is 11.5 Å².